The SMILES string of the molecule is CCOc1cc(/C=C2\SC(=S)N(C[C@H]3CCCO3)C2=O)ccc1OCC(=O)NCc1ccccc1. The number of thiocarbonyl (C=S) groups is 1. The van der Waals surface area contributed by atoms with E-state index in [1.807, 2.05) is 43.3 Å². The van der Waals surface area contributed by atoms with Gasteiger partial charge in [-0.1, -0.05) is 60.4 Å². The fourth-order valence-electron chi connectivity index (χ4n) is 3.79. The maximum absolute atomic E-state index is 12.9. The Morgan fingerprint density at radius 3 is 2.80 bits per heavy atom. The van der Waals surface area contributed by atoms with Gasteiger partial charge in [-0.2, -0.15) is 0 Å². The topological polar surface area (TPSA) is 77.1 Å². The molecule has 0 aromatic heterocycles. The van der Waals surface area contributed by atoms with Gasteiger partial charge in [-0.15, -0.1) is 0 Å². The maximum Gasteiger partial charge on any atom is 0.266 e. The van der Waals surface area contributed by atoms with Crippen LogP contribution in [0.1, 0.15) is 30.9 Å². The number of benzene rings is 2. The van der Waals surface area contributed by atoms with Gasteiger partial charge in [0.2, 0.25) is 0 Å². The fraction of sp³-hybridized carbons (Fsp3) is 0.346. The van der Waals surface area contributed by atoms with Gasteiger partial charge in [-0.05, 0) is 49.1 Å². The number of nitrogens with one attached hydrogen (secondary N) is 1. The van der Waals surface area contributed by atoms with Gasteiger partial charge in [0, 0.05) is 13.2 Å². The molecule has 2 amide bonds. The third kappa shape index (κ3) is 6.84. The Bertz CT molecular complexity index is 1100. The molecule has 0 saturated carbocycles. The minimum Gasteiger partial charge on any atom is -0.490 e. The van der Waals surface area contributed by atoms with Crippen LogP contribution in [-0.2, 0) is 20.9 Å². The van der Waals surface area contributed by atoms with Gasteiger partial charge in [0.1, 0.15) is 4.32 Å². The second-order valence-corrected chi connectivity index (χ2v) is 9.79. The number of ether oxygens (including phenoxy) is 3. The van der Waals surface area contributed by atoms with Crippen LogP contribution in [-0.4, -0.2) is 53.5 Å². The minimum absolute atomic E-state index is 0.0442. The van der Waals surface area contributed by atoms with Crippen LogP contribution in [0, 0.1) is 0 Å². The van der Waals surface area contributed by atoms with Crippen molar-refractivity contribution in [1.82, 2.24) is 10.2 Å². The molecule has 1 atom stereocenters. The summed E-state index contributed by atoms with van der Waals surface area (Å²) in [5, 5.41) is 2.84. The molecule has 2 aliphatic heterocycles. The molecule has 4 rings (SSSR count). The molecule has 2 fully saturated rings. The highest BCUT2D eigenvalue weighted by molar-refractivity contribution is 8.26. The highest BCUT2D eigenvalue weighted by Gasteiger charge is 2.34. The van der Waals surface area contributed by atoms with E-state index in [0.29, 0.717) is 40.4 Å². The van der Waals surface area contributed by atoms with Crippen molar-refractivity contribution in [1.29, 1.82) is 0 Å². The summed E-state index contributed by atoms with van der Waals surface area (Å²) in [6.45, 7) is 3.84. The molecule has 2 heterocycles. The Kier molecular flexibility index (Phi) is 8.79. The van der Waals surface area contributed by atoms with Gasteiger partial charge in [0.05, 0.1) is 24.2 Å². The summed E-state index contributed by atoms with van der Waals surface area (Å²) >= 11 is 6.72. The minimum atomic E-state index is -0.227. The Morgan fingerprint density at radius 1 is 1.23 bits per heavy atom. The number of carbonyl (C=O) groups is 2. The van der Waals surface area contributed by atoms with Crippen molar-refractivity contribution >= 4 is 46.2 Å². The number of rotatable bonds is 10. The van der Waals surface area contributed by atoms with Crippen LogP contribution in [0.2, 0.25) is 0 Å². The summed E-state index contributed by atoms with van der Waals surface area (Å²) in [4.78, 5) is 27.3. The van der Waals surface area contributed by atoms with Crippen molar-refractivity contribution < 1.29 is 23.8 Å². The Balaban J connectivity index is 1.38. The van der Waals surface area contributed by atoms with E-state index in [9.17, 15) is 9.59 Å². The standard InChI is InChI=1S/C26H28N2O5S2/c1-2-31-22-13-19(14-23-25(30)28(26(34)35-23)16-20-9-6-12-32-20)10-11-21(22)33-17-24(29)27-15-18-7-4-3-5-8-18/h3-5,7-8,10-11,13-14,20H,2,6,9,12,15-17H2,1H3,(H,27,29)/b23-14-/t20-/m1/s1. The van der Waals surface area contributed by atoms with Gasteiger partial charge in [0.15, 0.2) is 18.1 Å². The fourth-order valence-corrected chi connectivity index (χ4v) is 5.07. The van der Waals surface area contributed by atoms with Crippen molar-refractivity contribution in [3.8, 4) is 11.5 Å². The van der Waals surface area contributed by atoms with E-state index >= 15 is 0 Å². The highest BCUT2D eigenvalue weighted by Crippen LogP contribution is 2.35. The van der Waals surface area contributed by atoms with Gasteiger partial charge in [-0.3, -0.25) is 14.5 Å². The van der Waals surface area contributed by atoms with Crippen molar-refractivity contribution in [2.45, 2.75) is 32.4 Å². The van der Waals surface area contributed by atoms with E-state index < -0.39 is 0 Å². The quantitative estimate of drug-likeness (QED) is 0.378. The van der Waals surface area contributed by atoms with Gasteiger partial charge in [-0.25, -0.2) is 0 Å². The van der Waals surface area contributed by atoms with Crippen molar-refractivity contribution in [3.05, 3.63) is 64.6 Å². The van der Waals surface area contributed by atoms with Crippen LogP contribution in [0.3, 0.4) is 0 Å². The molecule has 2 aromatic rings. The first kappa shape index (κ1) is 25.2. The molecule has 0 radical (unpaired) electrons. The van der Waals surface area contributed by atoms with Crippen LogP contribution in [0.5, 0.6) is 11.5 Å². The van der Waals surface area contributed by atoms with E-state index in [1.165, 1.54) is 11.8 Å². The molecule has 0 spiro atoms. The van der Waals surface area contributed by atoms with Crippen LogP contribution in [0.15, 0.2) is 53.4 Å². The van der Waals surface area contributed by atoms with Crippen molar-refractivity contribution in [3.63, 3.8) is 0 Å². The van der Waals surface area contributed by atoms with Gasteiger partial charge < -0.3 is 19.5 Å². The summed E-state index contributed by atoms with van der Waals surface area (Å²) in [5.41, 5.74) is 1.80. The van der Waals surface area contributed by atoms with Crippen LogP contribution in [0.4, 0.5) is 0 Å². The molecule has 0 bridgehead atoms. The Hall–Kier alpha value is -2.88. The highest BCUT2D eigenvalue weighted by atomic mass is 32.2. The van der Waals surface area contributed by atoms with E-state index in [2.05, 4.69) is 5.32 Å². The summed E-state index contributed by atoms with van der Waals surface area (Å²) in [7, 11) is 0. The monoisotopic (exact) mass is 512 g/mol. The number of nitrogens with zero attached hydrogens (tertiary/aromatic N) is 1. The van der Waals surface area contributed by atoms with Crippen LogP contribution < -0.4 is 14.8 Å². The first-order valence-corrected chi connectivity index (χ1v) is 12.8. The molecule has 7 nitrogen and oxygen atoms in total. The van der Waals surface area contributed by atoms with Crippen LogP contribution >= 0.6 is 24.0 Å². The molecular weight excluding hydrogens is 484 g/mol. The predicted molar refractivity (Wildman–Crippen MR) is 140 cm³/mol. The number of amides is 2. The molecule has 184 valence electrons. The molecule has 0 unspecified atom stereocenters. The van der Waals surface area contributed by atoms with Gasteiger partial charge in [0.25, 0.3) is 11.8 Å². The normalized spacial score (nSPS) is 18.8. The zero-order chi connectivity index (χ0) is 24.6. The first-order valence-electron chi connectivity index (χ1n) is 11.6. The second kappa shape index (κ2) is 12.2. The smallest absolute Gasteiger partial charge is 0.266 e. The summed E-state index contributed by atoms with van der Waals surface area (Å²) in [5.74, 6) is 0.635. The zero-order valence-electron chi connectivity index (χ0n) is 19.5. The second-order valence-electron chi connectivity index (χ2n) is 8.12. The van der Waals surface area contributed by atoms with Crippen LogP contribution in [0.25, 0.3) is 6.08 Å². The molecule has 35 heavy (non-hydrogen) atoms. The molecule has 1 N–H and O–H groups in total. The van der Waals surface area contributed by atoms with E-state index in [-0.39, 0.29) is 24.5 Å². The average molecular weight is 513 g/mol. The summed E-state index contributed by atoms with van der Waals surface area (Å²) < 4.78 is 17.7. The lowest BCUT2D eigenvalue weighted by molar-refractivity contribution is -0.124. The number of hydrogen-bond acceptors (Lipinski definition) is 7. The van der Waals surface area contributed by atoms with Crippen molar-refractivity contribution in [2.75, 3.05) is 26.4 Å². The lowest BCUT2D eigenvalue weighted by Crippen LogP contribution is -2.35. The third-order valence-corrected chi connectivity index (χ3v) is 6.92. The third-order valence-electron chi connectivity index (χ3n) is 5.54. The Morgan fingerprint density at radius 2 is 2.06 bits per heavy atom. The predicted octanol–water partition coefficient (Wildman–Crippen LogP) is 4.16. The van der Waals surface area contributed by atoms with E-state index in [4.69, 9.17) is 26.4 Å². The average Bonchev–Trinajstić information content (AvgIpc) is 3.47. The molecule has 0 aliphatic carbocycles. The molecular formula is C26H28N2O5S2. The lowest BCUT2D eigenvalue weighted by Gasteiger charge is -2.18. The molecule has 2 aromatic carbocycles. The number of hydrogen-bond donors (Lipinski definition) is 1. The number of carbonyl (C=O) groups excluding carboxylic acids is 2. The lowest BCUT2D eigenvalue weighted by atomic mass is 10.1. The van der Waals surface area contributed by atoms with Crippen molar-refractivity contribution in [2.24, 2.45) is 0 Å². The van der Waals surface area contributed by atoms with Gasteiger partial charge >= 0.3 is 0 Å². The van der Waals surface area contributed by atoms with E-state index in [1.54, 1.807) is 23.1 Å². The Labute approximate surface area is 214 Å². The zero-order valence-corrected chi connectivity index (χ0v) is 21.2. The summed E-state index contributed by atoms with van der Waals surface area (Å²) in [6.07, 6.45) is 3.80. The summed E-state index contributed by atoms with van der Waals surface area (Å²) in [6, 6.07) is 15.0. The maximum atomic E-state index is 12.9. The largest absolute Gasteiger partial charge is 0.490 e. The molecule has 2 aliphatic rings. The molecule has 9 heteroatoms. The molecule has 2 saturated heterocycles. The van der Waals surface area contributed by atoms with E-state index in [0.717, 1.165) is 30.6 Å². The first-order chi connectivity index (χ1) is 17.0. The number of thioether (sulfide) groups is 1.